The fourth-order valence-electron chi connectivity index (χ4n) is 4.99. The van der Waals surface area contributed by atoms with Gasteiger partial charge in [0.15, 0.2) is 0 Å². The van der Waals surface area contributed by atoms with Gasteiger partial charge in [0.25, 0.3) is 0 Å². The second-order valence-corrected chi connectivity index (χ2v) is 8.65. The molecule has 0 aliphatic carbocycles. The molecule has 0 radical (unpaired) electrons. The lowest BCUT2D eigenvalue weighted by atomic mass is 9.75. The number of methoxy groups -OCH3 is 1. The first kappa shape index (κ1) is 24.3. The van der Waals surface area contributed by atoms with E-state index in [-0.39, 0.29) is 11.9 Å². The van der Waals surface area contributed by atoms with E-state index in [4.69, 9.17) is 15.2 Å². The van der Waals surface area contributed by atoms with Crippen molar-refractivity contribution in [3.05, 3.63) is 65.7 Å². The van der Waals surface area contributed by atoms with Crippen molar-refractivity contribution in [1.29, 1.82) is 0 Å². The highest BCUT2D eigenvalue weighted by atomic mass is 16.5. The predicted octanol–water partition coefficient (Wildman–Crippen LogP) is 4.88. The molecule has 1 saturated heterocycles. The van der Waals surface area contributed by atoms with Crippen LogP contribution < -0.4 is 10.5 Å². The van der Waals surface area contributed by atoms with Crippen LogP contribution in [0.5, 0.6) is 5.75 Å². The van der Waals surface area contributed by atoms with Gasteiger partial charge in [-0.1, -0.05) is 55.0 Å². The van der Waals surface area contributed by atoms with Crippen molar-refractivity contribution in [2.75, 3.05) is 26.8 Å². The van der Waals surface area contributed by atoms with Gasteiger partial charge in [-0.25, -0.2) is 0 Å². The number of ether oxygens (including phenoxy) is 2. The highest BCUT2D eigenvalue weighted by Gasteiger charge is 2.44. The van der Waals surface area contributed by atoms with Crippen LogP contribution in [0.4, 0.5) is 0 Å². The van der Waals surface area contributed by atoms with Crippen LogP contribution in [0, 0.1) is 5.92 Å². The van der Waals surface area contributed by atoms with E-state index in [9.17, 15) is 4.79 Å². The van der Waals surface area contributed by atoms with Crippen molar-refractivity contribution in [2.24, 2.45) is 11.7 Å². The number of carbonyl (C=O) groups excluding carboxylic acids is 1. The zero-order chi connectivity index (χ0) is 22.8. The van der Waals surface area contributed by atoms with Crippen LogP contribution in [-0.2, 0) is 21.6 Å². The molecule has 0 aromatic heterocycles. The van der Waals surface area contributed by atoms with E-state index >= 15 is 0 Å². The maximum atomic E-state index is 11.6. The Hall–Kier alpha value is -2.37. The molecule has 3 rings (SSSR count). The van der Waals surface area contributed by atoms with Crippen molar-refractivity contribution in [2.45, 2.75) is 57.5 Å². The maximum absolute atomic E-state index is 11.6. The first-order chi connectivity index (χ1) is 15.6. The number of rotatable bonds is 11. The molecule has 2 N–H and O–H groups in total. The standard InChI is InChI=1S/C27H38N2O3/c1-3-32-26(30)18-8-5-11-19-29-20-12-16-24(21-22-13-9-10-17-25(22)31-2)27(29,28)23-14-6-4-7-15-23/h4,6-7,9-10,13-15,17,24H,3,5,8,11-12,16,18-21,28H2,1-2H3. The fourth-order valence-corrected chi connectivity index (χ4v) is 4.99. The molecule has 1 aliphatic rings. The molecule has 1 fully saturated rings. The maximum Gasteiger partial charge on any atom is 0.305 e. The number of para-hydroxylation sites is 1. The third-order valence-electron chi connectivity index (χ3n) is 6.64. The van der Waals surface area contributed by atoms with Gasteiger partial charge in [-0.05, 0) is 62.1 Å². The van der Waals surface area contributed by atoms with Crippen LogP contribution in [0.25, 0.3) is 0 Å². The van der Waals surface area contributed by atoms with Crippen LogP contribution in [-0.4, -0.2) is 37.7 Å². The number of esters is 1. The molecule has 0 spiro atoms. The first-order valence-electron chi connectivity index (χ1n) is 12.0. The van der Waals surface area contributed by atoms with E-state index in [0.717, 1.165) is 57.4 Å². The van der Waals surface area contributed by atoms with Crippen molar-refractivity contribution < 1.29 is 14.3 Å². The van der Waals surface area contributed by atoms with Gasteiger partial charge in [0, 0.05) is 19.5 Å². The summed E-state index contributed by atoms with van der Waals surface area (Å²) in [5, 5.41) is 0. The summed E-state index contributed by atoms with van der Waals surface area (Å²) >= 11 is 0. The summed E-state index contributed by atoms with van der Waals surface area (Å²) in [6, 6.07) is 18.8. The normalized spacial score (nSPS) is 21.3. The van der Waals surface area contributed by atoms with Crippen molar-refractivity contribution in [1.82, 2.24) is 4.90 Å². The minimum Gasteiger partial charge on any atom is -0.496 e. The summed E-state index contributed by atoms with van der Waals surface area (Å²) in [7, 11) is 1.73. The van der Waals surface area contributed by atoms with Crippen LogP contribution in [0.3, 0.4) is 0 Å². The van der Waals surface area contributed by atoms with E-state index in [1.807, 2.05) is 25.1 Å². The molecule has 0 bridgehead atoms. The van der Waals surface area contributed by atoms with E-state index in [1.54, 1.807) is 7.11 Å². The number of piperidine rings is 1. The summed E-state index contributed by atoms with van der Waals surface area (Å²) < 4.78 is 10.7. The van der Waals surface area contributed by atoms with E-state index in [0.29, 0.717) is 13.0 Å². The molecule has 0 amide bonds. The molecular formula is C27H38N2O3. The summed E-state index contributed by atoms with van der Waals surface area (Å²) in [5.41, 5.74) is 9.18. The van der Waals surface area contributed by atoms with Crippen LogP contribution in [0.1, 0.15) is 56.6 Å². The number of nitrogens with zero attached hydrogens (tertiary/aromatic N) is 1. The van der Waals surface area contributed by atoms with Gasteiger partial charge in [-0.15, -0.1) is 0 Å². The second kappa shape index (κ2) is 12.0. The van der Waals surface area contributed by atoms with Gasteiger partial charge in [-0.2, -0.15) is 0 Å². The van der Waals surface area contributed by atoms with E-state index < -0.39 is 5.66 Å². The average molecular weight is 439 g/mol. The molecule has 5 heteroatoms. The Balaban J connectivity index is 1.73. The van der Waals surface area contributed by atoms with Gasteiger partial charge in [0.05, 0.1) is 19.4 Å². The van der Waals surface area contributed by atoms with Gasteiger partial charge in [-0.3, -0.25) is 9.69 Å². The molecule has 5 nitrogen and oxygen atoms in total. The monoisotopic (exact) mass is 438 g/mol. The summed E-state index contributed by atoms with van der Waals surface area (Å²) in [6.07, 6.45) is 6.48. The lowest BCUT2D eigenvalue weighted by molar-refractivity contribution is -0.143. The van der Waals surface area contributed by atoms with Crippen LogP contribution in [0.2, 0.25) is 0 Å². The highest BCUT2D eigenvalue weighted by Crippen LogP contribution is 2.41. The number of likely N-dealkylation sites (tertiary alicyclic amines) is 1. The van der Waals surface area contributed by atoms with Crippen LogP contribution in [0.15, 0.2) is 54.6 Å². The zero-order valence-corrected chi connectivity index (χ0v) is 19.6. The molecule has 1 heterocycles. The topological polar surface area (TPSA) is 64.8 Å². The molecule has 0 saturated carbocycles. The molecule has 2 aromatic carbocycles. The summed E-state index contributed by atoms with van der Waals surface area (Å²) in [5.74, 6) is 1.12. The second-order valence-electron chi connectivity index (χ2n) is 8.65. The minimum absolute atomic E-state index is 0.0974. The van der Waals surface area contributed by atoms with Crippen molar-refractivity contribution >= 4 is 5.97 Å². The average Bonchev–Trinajstić information content (AvgIpc) is 2.82. The molecular weight excluding hydrogens is 400 g/mol. The lowest BCUT2D eigenvalue weighted by Crippen LogP contribution is -2.61. The molecule has 2 atom stereocenters. The Morgan fingerprint density at radius 3 is 2.59 bits per heavy atom. The Labute approximate surface area is 192 Å². The van der Waals surface area contributed by atoms with E-state index in [2.05, 4.69) is 41.3 Å². The molecule has 1 aliphatic heterocycles. The Kier molecular flexibility index (Phi) is 9.12. The Bertz CT molecular complexity index is 842. The van der Waals surface area contributed by atoms with Crippen molar-refractivity contribution in [3.63, 3.8) is 0 Å². The largest absolute Gasteiger partial charge is 0.496 e. The van der Waals surface area contributed by atoms with Crippen molar-refractivity contribution in [3.8, 4) is 5.75 Å². The lowest BCUT2D eigenvalue weighted by Gasteiger charge is -2.50. The highest BCUT2D eigenvalue weighted by molar-refractivity contribution is 5.69. The van der Waals surface area contributed by atoms with Gasteiger partial charge in [0.2, 0.25) is 0 Å². The quantitative estimate of drug-likeness (QED) is 0.400. The number of hydrogen-bond acceptors (Lipinski definition) is 5. The molecule has 32 heavy (non-hydrogen) atoms. The Morgan fingerprint density at radius 2 is 1.84 bits per heavy atom. The minimum atomic E-state index is -0.526. The third kappa shape index (κ3) is 5.90. The first-order valence-corrected chi connectivity index (χ1v) is 12.0. The number of unbranched alkanes of at least 4 members (excludes halogenated alkanes) is 2. The smallest absolute Gasteiger partial charge is 0.305 e. The summed E-state index contributed by atoms with van der Waals surface area (Å²) in [4.78, 5) is 14.1. The molecule has 174 valence electrons. The third-order valence-corrected chi connectivity index (χ3v) is 6.64. The fraction of sp³-hybridized carbons (Fsp3) is 0.519. The predicted molar refractivity (Wildman–Crippen MR) is 128 cm³/mol. The SMILES string of the molecule is CCOC(=O)CCCCCN1CCCC(Cc2ccccc2OC)C1(N)c1ccccc1. The number of hydrogen-bond donors (Lipinski definition) is 1. The number of nitrogens with two attached hydrogens (primary N) is 1. The molecule has 2 aromatic rings. The zero-order valence-electron chi connectivity index (χ0n) is 19.6. The van der Waals surface area contributed by atoms with Gasteiger partial charge < -0.3 is 15.2 Å². The number of carbonyl (C=O) groups is 1. The van der Waals surface area contributed by atoms with Crippen LogP contribution >= 0.6 is 0 Å². The van der Waals surface area contributed by atoms with Gasteiger partial charge in [0.1, 0.15) is 5.75 Å². The molecule has 2 unspecified atom stereocenters. The Morgan fingerprint density at radius 1 is 1.09 bits per heavy atom. The van der Waals surface area contributed by atoms with E-state index in [1.165, 1.54) is 11.1 Å². The number of benzene rings is 2. The van der Waals surface area contributed by atoms with Gasteiger partial charge >= 0.3 is 5.97 Å². The summed E-state index contributed by atoms with van der Waals surface area (Å²) in [6.45, 7) is 4.22.